The third-order valence-electron chi connectivity index (χ3n) is 1.72. The molecule has 0 rings (SSSR count). The van der Waals surface area contributed by atoms with E-state index >= 15 is 0 Å². The minimum atomic E-state index is -0.999. The van der Waals surface area contributed by atoms with E-state index in [1.807, 2.05) is 0 Å². The van der Waals surface area contributed by atoms with Crippen molar-refractivity contribution in [3.05, 3.63) is 0 Å². The first kappa shape index (κ1) is 10.4. The lowest BCUT2D eigenvalue weighted by atomic mass is 9.98. The van der Waals surface area contributed by atoms with Gasteiger partial charge >= 0.3 is 5.97 Å². The third kappa shape index (κ3) is 3.96. The summed E-state index contributed by atoms with van der Waals surface area (Å²) >= 11 is 0. The molecule has 0 radical (unpaired) electrons. The average Bonchev–Trinajstić information content (AvgIpc) is 1.87. The van der Waals surface area contributed by atoms with Gasteiger partial charge < -0.3 is 5.11 Å². The topological polar surface area (TPSA) is 37.3 Å². The molecule has 0 bridgehead atoms. The summed E-state index contributed by atoms with van der Waals surface area (Å²) < 4.78 is 12.9. The van der Waals surface area contributed by atoms with Crippen LogP contribution in [0.2, 0.25) is 0 Å². The van der Waals surface area contributed by atoms with Gasteiger partial charge in [-0.25, -0.2) is 4.39 Å². The Labute approximate surface area is 66.4 Å². The van der Waals surface area contributed by atoms with Crippen LogP contribution in [0.1, 0.15) is 27.2 Å². The quantitative estimate of drug-likeness (QED) is 0.687. The monoisotopic (exact) mass is 162 g/mol. The number of rotatable bonds is 4. The van der Waals surface area contributed by atoms with E-state index in [2.05, 4.69) is 0 Å². The molecule has 11 heavy (non-hydrogen) atoms. The fraction of sp³-hybridized carbons (Fsp3) is 0.875. The zero-order valence-corrected chi connectivity index (χ0v) is 7.17. The van der Waals surface area contributed by atoms with Crippen LogP contribution in [0.5, 0.6) is 0 Å². The Morgan fingerprint density at radius 3 is 2.18 bits per heavy atom. The van der Waals surface area contributed by atoms with Crippen molar-refractivity contribution in [3.63, 3.8) is 0 Å². The highest BCUT2D eigenvalue weighted by atomic mass is 19.1. The molecule has 0 saturated heterocycles. The summed E-state index contributed by atoms with van der Waals surface area (Å²) in [4.78, 5) is 10.3. The van der Waals surface area contributed by atoms with Crippen LogP contribution >= 0.6 is 0 Å². The fourth-order valence-corrected chi connectivity index (χ4v) is 0.711. The zero-order chi connectivity index (χ0) is 9.02. The summed E-state index contributed by atoms with van der Waals surface area (Å²) in [6.07, 6.45) is -0.881. The maximum atomic E-state index is 12.9. The smallest absolute Gasteiger partial charge is 0.306 e. The molecule has 2 nitrogen and oxygen atoms in total. The molecule has 3 heteroatoms. The Hall–Kier alpha value is -0.600. The molecule has 2 unspecified atom stereocenters. The van der Waals surface area contributed by atoms with Crippen molar-refractivity contribution in [2.75, 3.05) is 0 Å². The first-order valence-electron chi connectivity index (χ1n) is 3.82. The standard InChI is InChI=1S/C8H15FO2/c1-5(2)7(9)4-6(3)8(10)11/h5-7H,4H2,1-3H3,(H,10,11). The lowest BCUT2D eigenvalue weighted by molar-refractivity contribution is -0.141. The normalized spacial score (nSPS) is 16.5. The molecule has 0 aromatic carbocycles. The van der Waals surface area contributed by atoms with Crippen LogP contribution < -0.4 is 0 Å². The highest BCUT2D eigenvalue weighted by Crippen LogP contribution is 2.16. The molecule has 1 N–H and O–H groups in total. The molecule has 0 spiro atoms. The molecule has 66 valence electrons. The van der Waals surface area contributed by atoms with Crippen molar-refractivity contribution < 1.29 is 14.3 Å². The Balaban J connectivity index is 3.75. The molecule has 0 heterocycles. The van der Waals surface area contributed by atoms with Gasteiger partial charge in [-0.1, -0.05) is 20.8 Å². The first-order valence-corrected chi connectivity index (χ1v) is 3.82. The Morgan fingerprint density at radius 1 is 1.45 bits per heavy atom. The summed E-state index contributed by atoms with van der Waals surface area (Å²) in [7, 11) is 0. The molecular formula is C8H15FO2. The summed E-state index contributed by atoms with van der Waals surface area (Å²) in [5.41, 5.74) is 0. The van der Waals surface area contributed by atoms with E-state index in [0.29, 0.717) is 0 Å². The van der Waals surface area contributed by atoms with Crippen LogP contribution in [0, 0.1) is 11.8 Å². The molecule has 0 aromatic heterocycles. The SMILES string of the molecule is CC(CC(F)C(C)C)C(=O)O. The van der Waals surface area contributed by atoms with Crippen molar-refractivity contribution >= 4 is 5.97 Å². The summed E-state index contributed by atoms with van der Waals surface area (Å²) in [6, 6.07) is 0. The number of halogens is 1. The minimum absolute atomic E-state index is 0.0863. The number of carboxylic acids is 1. The van der Waals surface area contributed by atoms with Gasteiger partial charge in [-0.05, 0) is 12.3 Å². The van der Waals surface area contributed by atoms with Crippen molar-refractivity contribution in [1.82, 2.24) is 0 Å². The van der Waals surface area contributed by atoms with Crippen LogP contribution in [0.25, 0.3) is 0 Å². The number of carboxylic acid groups (broad SMARTS) is 1. The predicted molar refractivity (Wildman–Crippen MR) is 41.2 cm³/mol. The molecule has 0 aromatic rings. The highest BCUT2D eigenvalue weighted by molar-refractivity contribution is 5.69. The van der Waals surface area contributed by atoms with E-state index < -0.39 is 18.1 Å². The number of carbonyl (C=O) groups is 1. The van der Waals surface area contributed by atoms with E-state index in [0.717, 1.165) is 0 Å². The molecule has 0 aliphatic rings. The van der Waals surface area contributed by atoms with E-state index in [9.17, 15) is 9.18 Å². The summed E-state index contributed by atoms with van der Waals surface area (Å²) in [6.45, 7) is 5.02. The zero-order valence-electron chi connectivity index (χ0n) is 7.17. The Morgan fingerprint density at radius 2 is 1.91 bits per heavy atom. The molecule has 0 aliphatic carbocycles. The van der Waals surface area contributed by atoms with E-state index in [-0.39, 0.29) is 12.3 Å². The van der Waals surface area contributed by atoms with Gasteiger partial charge in [-0.15, -0.1) is 0 Å². The number of hydrogen-bond donors (Lipinski definition) is 1. The Kier molecular flexibility index (Phi) is 4.08. The van der Waals surface area contributed by atoms with Crippen molar-refractivity contribution in [2.24, 2.45) is 11.8 Å². The van der Waals surface area contributed by atoms with Crippen LogP contribution in [-0.2, 0) is 4.79 Å². The van der Waals surface area contributed by atoms with E-state index in [4.69, 9.17) is 5.11 Å². The largest absolute Gasteiger partial charge is 0.481 e. The lowest BCUT2D eigenvalue weighted by Crippen LogP contribution is -2.18. The first-order chi connectivity index (χ1) is 4.95. The summed E-state index contributed by atoms with van der Waals surface area (Å²) in [5.74, 6) is -1.59. The van der Waals surface area contributed by atoms with E-state index in [1.54, 1.807) is 13.8 Å². The van der Waals surface area contributed by atoms with Gasteiger partial charge in [0.15, 0.2) is 0 Å². The van der Waals surface area contributed by atoms with Gasteiger partial charge in [0.05, 0.1) is 5.92 Å². The Bertz CT molecular complexity index is 134. The number of alkyl halides is 1. The second-order valence-corrected chi connectivity index (χ2v) is 3.23. The van der Waals surface area contributed by atoms with Crippen molar-refractivity contribution in [1.29, 1.82) is 0 Å². The van der Waals surface area contributed by atoms with Gasteiger partial charge in [0.25, 0.3) is 0 Å². The molecule has 0 fully saturated rings. The average molecular weight is 162 g/mol. The third-order valence-corrected chi connectivity index (χ3v) is 1.72. The van der Waals surface area contributed by atoms with Gasteiger partial charge in [0.1, 0.15) is 6.17 Å². The fourth-order valence-electron chi connectivity index (χ4n) is 0.711. The summed E-state index contributed by atoms with van der Waals surface area (Å²) in [5, 5.41) is 8.45. The van der Waals surface area contributed by atoms with Crippen LogP contribution in [-0.4, -0.2) is 17.2 Å². The maximum absolute atomic E-state index is 12.9. The number of aliphatic carboxylic acids is 1. The molecular weight excluding hydrogens is 147 g/mol. The molecule has 0 amide bonds. The van der Waals surface area contributed by atoms with Gasteiger partial charge in [-0.3, -0.25) is 4.79 Å². The number of hydrogen-bond acceptors (Lipinski definition) is 1. The molecule has 0 saturated carbocycles. The molecule has 2 atom stereocenters. The molecule has 0 aliphatic heterocycles. The van der Waals surface area contributed by atoms with Gasteiger partial charge in [0.2, 0.25) is 0 Å². The second-order valence-electron chi connectivity index (χ2n) is 3.23. The van der Waals surface area contributed by atoms with Gasteiger partial charge in [0, 0.05) is 0 Å². The van der Waals surface area contributed by atoms with Crippen LogP contribution in [0.4, 0.5) is 4.39 Å². The predicted octanol–water partition coefficient (Wildman–Crippen LogP) is 2.09. The lowest BCUT2D eigenvalue weighted by Gasteiger charge is -2.13. The van der Waals surface area contributed by atoms with E-state index in [1.165, 1.54) is 6.92 Å². The highest BCUT2D eigenvalue weighted by Gasteiger charge is 2.19. The van der Waals surface area contributed by atoms with Crippen LogP contribution in [0.15, 0.2) is 0 Å². The second kappa shape index (κ2) is 4.31. The van der Waals surface area contributed by atoms with Crippen molar-refractivity contribution in [2.45, 2.75) is 33.4 Å². The minimum Gasteiger partial charge on any atom is -0.481 e. The van der Waals surface area contributed by atoms with Gasteiger partial charge in [-0.2, -0.15) is 0 Å². The van der Waals surface area contributed by atoms with Crippen LogP contribution in [0.3, 0.4) is 0 Å². The van der Waals surface area contributed by atoms with Crippen molar-refractivity contribution in [3.8, 4) is 0 Å². The maximum Gasteiger partial charge on any atom is 0.306 e.